The highest BCUT2D eigenvalue weighted by Gasteiger charge is 2.50. The van der Waals surface area contributed by atoms with Crippen molar-refractivity contribution in [2.24, 2.45) is 0 Å². The highest BCUT2D eigenvalue weighted by atomic mass is 32.1. The third-order valence-electron chi connectivity index (χ3n) is 15.0. The van der Waals surface area contributed by atoms with E-state index < -0.39 is 0 Å². The van der Waals surface area contributed by atoms with Gasteiger partial charge in [-0.25, -0.2) is 0 Å². The Kier molecular flexibility index (Phi) is 7.40. The van der Waals surface area contributed by atoms with Crippen LogP contribution in [0.1, 0.15) is 129 Å². The Morgan fingerprint density at radius 1 is 0.559 bits per heavy atom. The third-order valence-corrected chi connectivity index (χ3v) is 16.2. The van der Waals surface area contributed by atoms with Crippen LogP contribution in [0.25, 0.3) is 31.3 Å². The number of thiophene rings is 1. The average molecular weight is 789 g/mol. The first-order valence-electron chi connectivity index (χ1n) is 21.9. The second kappa shape index (κ2) is 11.7. The molecule has 0 bridgehead atoms. The molecule has 4 heterocycles. The largest absolute Gasteiger partial charge is 0.375 e. The maximum atomic E-state index is 2.76. The van der Waals surface area contributed by atoms with E-state index in [0.29, 0.717) is 0 Å². The van der Waals surface area contributed by atoms with Gasteiger partial charge in [0.05, 0.1) is 16.1 Å². The third kappa shape index (κ3) is 5.05. The van der Waals surface area contributed by atoms with E-state index in [1.165, 1.54) is 117 Å². The molecular formula is C55H57BN2S. The number of anilines is 5. The molecule has 1 aromatic heterocycles. The number of rotatable bonds is 1. The molecule has 0 radical (unpaired) electrons. The number of hydrogen-bond donors (Lipinski definition) is 0. The van der Waals surface area contributed by atoms with Crippen LogP contribution < -0.4 is 20.6 Å². The fraction of sp³-hybridized carbons (Fsp3) is 0.345. The lowest BCUT2D eigenvalue weighted by Crippen LogP contribution is -2.62. The van der Waals surface area contributed by atoms with Crippen molar-refractivity contribution in [1.29, 1.82) is 0 Å². The topological polar surface area (TPSA) is 6.48 Å². The highest BCUT2D eigenvalue weighted by molar-refractivity contribution is 7.26. The molecule has 4 aliphatic rings. The SMILES string of the molecule is CC(C)(C)c1ccc(N2B3c4cccc5c4N(c4ccccc4C5(C)C)c4cc(C(C)(C)C)cc(c43)-c3ccc4c(sc5cc6c(cc54)C(C)(C)CCC6(C)C)c32)cc1. The highest BCUT2D eigenvalue weighted by Crippen LogP contribution is 2.57. The summed E-state index contributed by atoms with van der Waals surface area (Å²) in [5.74, 6) is 0. The number of para-hydroxylation sites is 2. The standard InChI is InChI=1S/C55H57BN2S/c1-51(2,3)32-20-22-34(23-21-32)58-48-35(24-25-36-37-30-41-42(31-46(37)59-50(36)48)54(9,10)27-26-53(41,7)8)38-28-33(52(4,5)6)29-45-47(38)56(58)43-18-15-17-40-49(43)57(45)44-19-14-13-16-39(44)55(40,11)12/h13-25,28-31H,26-27H2,1-12H3. The van der Waals surface area contributed by atoms with Crippen LogP contribution in [0, 0.1) is 0 Å². The number of benzene rings is 6. The van der Waals surface area contributed by atoms with E-state index in [2.05, 4.69) is 196 Å². The van der Waals surface area contributed by atoms with Gasteiger partial charge in [0.15, 0.2) is 0 Å². The normalized spacial score (nSPS) is 18.0. The Labute approximate surface area is 356 Å². The van der Waals surface area contributed by atoms with Crippen molar-refractivity contribution >= 4 is 77.7 Å². The Hall–Kier alpha value is -4.80. The monoisotopic (exact) mass is 788 g/mol. The Morgan fingerprint density at radius 3 is 1.92 bits per heavy atom. The minimum atomic E-state index is -0.161. The van der Waals surface area contributed by atoms with Crippen LogP contribution in [0.5, 0.6) is 0 Å². The predicted octanol–water partition coefficient (Wildman–Crippen LogP) is 14.3. The van der Waals surface area contributed by atoms with Gasteiger partial charge >= 0.3 is 6.85 Å². The van der Waals surface area contributed by atoms with Gasteiger partial charge in [0.1, 0.15) is 0 Å². The molecule has 0 unspecified atom stereocenters. The molecule has 4 heteroatoms. The van der Waals surface area contributed by atoms with Crippen molar-refractivity contribution in [3.63, 3.8) is 0 Å². The molecule has 0 amide bonds. The van der Waals surface area contributed by atoms with Gasteiger partial charge in [-0.3, -0.25) is 0 Å². The van der Waals surface area contributed by atoms with Crippen molar-refractivity contribution in [2.75, 3.05) is 9.71 Å². The lowest BCUT2D eigenvalue weighted by atomic mass is 9.42. The summed E-state index contributed by atoms with van der Waals surface area (Å²) >= 11 is 2.01. The molecule has 1 aliphatic carbocycles. The molecular weight excluding hydrogens is 731 g/mol. The van der Waals surface area contributed by atoms with E-state index >= 15 is 0 Å². The van der Waals surface area contributed by atoms with Gasteiger partial charge in [-0.1, -0.05) is 150 Å². The van der Waals surface area contributed by atoms with E-state index in [1.54, 1.807) is 0 Å². The summed E-state index contributed by atoms with van der Waals surface area (Å²) in [4.78, 5) is 5.41. The van der Waals surface area contributed by atoms with Gasteiger partial charge in [-0.05, 0) is 121 Å². The number of hydrogen-bond acceptors (Lipinski definition) is 3. The molecule has 7 aromatic rings. The van der Waals surface area contributed by atoms with Crippen LogP contribution >= 0.6 is 11.3 Å². The van der Waals surface area contributed by atoms with Crippen molar-refractivity contribution < 1.29 is 0 Å². The van der Waals surface area contributed by atoms with Crippen molar-refractivity contribution in [3.8, 4) is 11.1 Å². The van der Waals surface area contributed by atoms with Gasteiger partial charge in [-0.15, -0.1) is 11.3 Å². The van der Waals surface area contributed by atoms with Crippen LogP contribution in [0.4, 0.5) is 28.4 Å². The van der Waals surface area contributed by atoms with Crippen LogP contribution in [-0.4, -0.2) is 6.85 Å². The lowest BCUT2D eigenvalue weighted by Gasteiger charge is -2.50. The van der Waals surface area contributed by atoms with Gasteiger partial charge in [0.25, 0.3) is 0 Å². The summed E-state index contributed by atoms with van der Waals surface area (Å²) in [7, 11) is 0. The molecule has 11 rings (SSSR count). The maximum Gasteiger partial charge on any atom is 0.333 e. The average Bonchev–Trinajstić information content (AvgIpc) is 3.56. The molecule has 0 saturated heterocycles. The number of fused-ring (bicyclic) bond motifs is 11. The molecule has 0 fully saturated rings. The van der Waals surface area contributed by atoms with E-state index in [0.717, 1.165) is 0 Å². The smallest absolute Gasteiger partial charge is 0.333 e. The first-order valence-corrected chi connectivity index (χ1v) is 22.7. The van der Waals surface area contributed by atoms with E-state index in [9.17, 15) is 0 Å². The Balaban J connectivity index is 1.29. The quantitative estimate of drug-likeness (QED) is 0.153. The molecule has 0 spiro atoms. The first kappa shape index (κ1) is 37.2. The van der Waals surface area contributed by atoms with Gasteiger partial charge in [0.2, 0.25) is 0 Å². The first-order chi connectivity index (χ1) is 27.8. The molecule has 0 saturated carbocycles. The Morgan fingerprint density at radius 2 is 1.22 bits per heavy atom. The summed E-state index contributed by atoms with van der Waals surface area (Å²) in [5.41, 5.74) is 20.8. The van der Waals surface area contributed by atoms with Gasteiger partial charge in [0, 0.05) is 43.5 Å². The van der Waals surface area contributed by atoms with Crippen LogP contribution in [-0.2, 0) is 27.1 Å². The van der Waals surface area contributed by atoms with Gasteiger partial charge < -0.3 is 9.71 Å². The van der Waals surface area contributed by atoms with Crippen LogP contribution in [0.3, 0.4) is 0 Å². The zero-order valence-corrected chi connectivity index (χ0v) is 37.9. The summed E-state index contributed by atoms with van der Waals surface area (Å²) in [6.45, 7) is 28.8. The predicted molar refractivity (Wildman–Crippen MR) is 258 cm³/mol. The van der Waals surface area contributed by atoms with E-state index in [4.69, 9.17) is 0 Å². The second-order valence-corrected chi connectivity index (χ2v) is 23.2. The zero-order valence-electron chi connectivity index (χ0n) is 37.1. The zero-order chi connectivity index (χ0) is 41.3. The van der Waals surface area contributed by atoms with Crippen molar-refractivity contribution in [1.82, 2.24) is 0 Å². The van der Waals surface area contributed by atoms with E-state index in [1.807, 2.05) is 11.3 Å². The minimum Gasteiger partial charge on any atom is -0.375 e. The summed E-state index contributed by atoms with van der Waals surface area (Å²) in [5, 5.41) is 2.78. The summed E-state index contributed by atoms with van der Waals surface area (Å²) < 4.78 is 2.79. The van der Waals surface area contributed by atoms with Crippen molar-refractivity contribution in [2.45, 2.75) is 123 Å². The fourth-order valence-electron chi connectivity index (χ4n) is 11.3. The summed E-state index contributed by atoms with van der Waals surface area (Å²) in [6, 6.07) is 41.1. The molecule has 0 atom stereocenters. The van der Waals surface area contributed by atoms with Crippen molar-refractivity contribution in [3.05, 3.63) is 137 Å². The van der Waals surface area contributed by atoms with Gasteiger partial charge in [-0.2, -0.15) is 0 Å². The maximum absolute atomic E-state index is 2.76. The molecule has 6 aromatic carbocycles. The second-order valence-electron chi connectivity index (χ2n) is 22.1. The summed E-state index contributed by atoms with van der Waals surface area (Å²) in [6.07, 6.45) is 2.43. The molecule has 296 valence electrons. The van der Waals surface area contributed by atoms with Crippen LogP contribution in [0.2, 0.25) is 0 Å². The number of nitrogens with zero attached hydrogens (tertiary/aromatic N) is 2. The molecule has 0 N–H and O–H groups in total. The fourth-order valence-corrected chi connectivity index (χ4v) is 12.6. The lowest BCUT2D eigenvalue weighted by molar-refractivity contribution is 0.332. The molecule has 3 aliphatic heterocycles. The van der Waals surface area contributed by atoms with E-state index in [-0.39, 0.29) is 33.9 Å². The minimum absolute atomic E-state index is 0.0175. The molecule has 59 heavy (non-hydrogen) atoms. The van der Waals surface area contributed by atoms with Crippen LogP contribution in [0.15, 0.2) is 103 Å². The molecule has 2 nitrogen and oxygen atoms in total. The Bertz CT molecular complexity index is 2950.